The number of carbonyl (C=O) groups excluding carboxylic acids is 1. The van der Waals surface area contributed by atoms with Crippen molar-refractivity contribution in [2.45, 2.75) is 4.90 Å². The fourth-order valence-corrected chi connectivity index (χ4v) is 1.55. The van der Waals surface area contributed by atoms with Crippen LogP contribution in [0, 0.1) is 0 Å². The molecule has 84 valence electrons. The first kappa shape index (κ1) is 11.6. The molecule has 3 N–H and O–H groups in total. The second-order valence-electron chi connectivity index (χ2n) is 2.69. The molecule has 0 aromatic carbocycles. The van der Waals surface area contributed by atoms with E-state index in [1.165, 1.54) is 10.9 Å². The van der Waals surface area contributed by atoms with Gasteiger partial charge in [-0.05, 0) is 0 Å². The van der Waals surface area contributed by atoms with E-state index in [1.807, 2.05) is 0 Å². The van der Waals surface area contributed by atoms with E-state index in [1.54, 1.807) is 11.9 Å². The van der Waals surface area contributed by atoms with Crippen LogP contribution in [-0.2, 0) is 26.7 Å². The topological polar surface area (TPSA) is 116 Å². The summed E-state index contributed by atoms with van der Waals surface area (Å²) in [5, 5.41) is 3.68. The number of primary amides is 1. The first-order chi connectivity index (χ1) is 6.92. The number of aromatic nitrogens is 2. The van der Waals surface area contributed by atoms with Gasteiger partial charge in [0, 0.05) is 13.2 Å². The third-order valence-electron chi connectivity index (χ3n) is 1.37. The minimum atomic E-state index is -3.80. The molecule has 0 unspecified atom stereocenters. The average molecular weight is 234 g/mol. The van der Waals surface area contributed by atoms with Crippen molar-refractivity contribution in [3.63, 3.8) is 0 Å². The number of amides is 1. The maximum atomic E-state index is 11.4. The highest BCUT2D eigenvalue weighted by atomic mass is 32.2. The minimum Gasteiger partial charge on any atom is -0.368 e. The van der Waals surface area contributed by atoms with Crippen molar-refractivity contribution in [3.8, 4) is 0 Å². The molecule has 1 aromatic rings. The van der Waals surface area contributed by atoms with Crippen molar-refractivity contribution in [1.29, 1.82) is 0 Å². The Balaban J connectivity index is 2.64. The summed E-state index contributed by atoms with van der Waals surface area (Å²) in [7, 11) is -2.23. The number of aryl methyl sites for hydroxylation is 1. The molecule has 0 radical (unpaired) electrons. The molecule has 1 aromatic heterocycles. The van der Waals surface area contributed by atoms with Gasteiger partial charge < -0.3 is 5.73 Å². The van der Waals surface area contributed by atoms with Crippen LogP contribution in [0.4, 0.5) is 0 Å². The number of hydrogen-bond acceptors (Lipinski definition) is 5. The van der Waals surface area contributed by atoms with E-state index in [0.717, 1.165) is 6.20 Å². The predicted octanol–water partition coefficient (Wildman–Crippen LogP) is -1.88. The number of nitrogens with two attached hydrogens (primary N) is 1. The van der Waals surface area contributed by atoms with Gasteiger partial charge in [0.1, 0.15) is 11.5 Å². The number of nitrogens with one attached hydrogen (secondary N) is 1. The monoisotopic (exact) mass is 234 g/mol. The SMILES string of the molecule is Cn1cc(S(=O)(=O)NOCC(N)=O)cn1. The van der Waals surface area contributed by atoms with Gasteiger partial charge in [0.2, 0.25) is 5.91 Å². The molecule has 8 nitrogen and oxygen atoms in total. The molecule has 0 aliphatic rings. The largest absolute Gasteiger partial charge is 0.368 e. The Morgan fingerprint density at radius 3 is 2.87 bits per heavy atom. The summed E-state index contributed by atoms with van der Waals surface area (Å²) in [5.74, 6) is -0.774. The molecule has 0 aliphatic carbocycles. The Hall–Kier alpha value is -1.45. The highest BCUT2D eigenvalue weighted by Crippen LogP contribution is 2.05. The van der Waals surface area contributed by atoms with Gasteiger partial charge in [0.15, 0.2) is 0 Å². The second kappa shape index (κ2) is 4.38. The van der Waals surface area contributed by atoms with E-state index in [9.17, 15) is 13.2 Å². The molecule has 0 aliphatic heterocycles. The zero-order valence-corrected chi connectivity index (χ0v) is 8.69. The molecule has 9 heteroatoms. The lowest BCUT2D eigenvalue weighted by Gasteiger charge is -2.02. The van der Waals surface area contributed by atoms with E-state index >= 15 is 0 Å². The number of nitrogens with zero attached hydrogens (tertiary/aromatic N) is 2. The molecule has 0 atom stereocenters. The minimum absolute atomic E-state index is 0.0607. The van der Waals surface area contributed by atoms with Gasteiger partial charge in [0.05, 0.1) is 6.20 Å². The zero-order chi connectivity index (χ0) is 11.5. The Kier molecular flexibility index (Phi) is 3.39. The lowest BCUT2D eigenvalue weighted by atomic mass is 10.7. The van der Waals surface area contributed by atoms with Crippen molar-refractivity contribution in [3.05, 3.63) is 12.4 Å². The fraction of sp³-hybridized carbons (Fsp3) is 0.333. The first-order valence-electron chi connectivity index (χ1n) is 3.82. The van der Waals surface area contributed by atoms with Gasteiger partial charge in [-0.1, -0.05) is 4.89 Å². The van der Waals surface area contributed by atoms with Crippen molar-refractivity contribution in [2.75, 3.05) is 6.61 Å². The lowest BCUT2D eigenvalue weighted by molar-refractivity contribution is -0.123. The maximum Gasteiger partial charge on any atom is 0.265 e. The van der Waals surface area contributed by atoms with E-state index < -0.39 is 22.5 Å². The molecule has 1 heterocycles. The number of sulfonamides is 1. The van der Waals surface area contributed by atoms with E-state index in [0.29, 0.717) is 0 Å². The Morgan fingerprint density at radius 2 is 2.40 bits per heavy atom. The van der Waals surface area contributed by atoms with E-state index in [4.69, 9.17) is 5.73 Å². The van der Waals surface area contributed by atoms with Crippen LogP contribution in [0.2, 0.25) is 0 Å². The molecule has 1 amide bonds. The lowest BCUT2D eigenvalue weighted by Crippen LogP contribution is -2.29. The van der Waals surface area contributed by atoms with Crippen molar-refractivity contribution < 1.29 is 18.0 Å². The van der Waals surface area contributed by atoms with Crippen LogP contribution in [0.1, 0.15) is 0 Å². The summed E-state index contributed by atoms with van der Waals surface area (Å²) in [5.41, 5.74) is 4.75. The molecular weight excluding hydrogens is 224 g/mol. The quantitative estimate of drug-likeness (QED) is 0.578. The fourth-order valence-electron chi connectivity index (χ4n) is 0.764. The summed E-state index contributed by atoms with van der Waals surface area (Å²) in [6.07, 6.45) is 2.44. The van der Waals surface area contributed by atoms with Crippen LogP contribution in [-0.4, -0.2) is 30.7 Å². The third-order valence-corrected chi connectivity index (χ3v) is 2.54. The summed E-state index contributed by atoms with van der Waals surface area (Å²) >= 11 is 0. The number of hydrogen-bond donors (Lipinski definition) is 2. The Labute approximate surface area is 86.0 Å². The van der Waals surface area contributed by atoms with Crippen LogP contribution in [0.15, 0.2) is 17.3 Å². The average Bonchev–Trinajstić information content (AvgIpc) is 2.51. The Bertz CT molecular complexity index is 451. The maximum absolute atomic E-state index is 11.4. The predicted molar refractivity (Wildman–Crippen MR) is 48.7 cm³/mol. The van der Waals surface area contributed by atoms with Gasteiger partial charge >= 0.3 is 0 Å². The van der Waals surface area contributed by atoms with Crippen LogP contribution < -0.4 is 10.6 Å². The highest BCUT2D eigenvalue weighted by Gasteiger charge is 2.16. The van der Waals surface area contributed by atoms with Crippen molar-refractivity contribution in [1.82, 2.24) is 14.7 Å². The van der Waals surface area contributed by atoms with Crippen molar-refractivity contribution in [2.24, 2.45) is 12.8 Å². The summed E-state index contributed by atoms with van der Waals surface area (Å²) in [6, 6.07) is 0. The highest BCUT2D eigenvalue weighted by molar-refractivity contribution is 7.89. The standard InChI is InChI=1S/C6H10N4O4S/c1-10-3-5(2-8-10)15(12,13)9-14-4-6(7)11/h2-3,9H,4H2,1H3,(H2,7,11). The molecule has 15 heavy (non-hydrogen) atoms. The summed E-state index contributed by atoms with van der Waals surface area (Å²) in [6.45, 7) is -0.528. The Morgan fingerprint density at radius 1 is 1.73 bits per heavy atom. The van der Waals surface area contributed by atoms with Gasteiger partial charge in [-0.25, -0.2) is 8.42 Å². The van der Waals surface area contributed by atoms with Crippen LogP contribution >= 0.6 is 0 Å². The van der Waals surface area contributed by atoms with Crippen LogP contribution in [0.5, 0.6) is 0 Å². The van der Waals surface area contributed by atoms with Gasteiger partial charge in [-0.3, -0.25) is 14.3 Å². The molecule has 0 spiro atoms. The summed E-state index contributed by atoms with van der Waals surface area (Å²) < 4.78 is 24.1. The van der Waals surface area contributed by atoms with Gasteiger partial charge in [-0.2, -0.15) is 5.10 Å². The summed E-state index contributed by atoms with van der Waals surface area (Å²) in [4.78, 5) is 16.3. The first-order valence-corrected chi connectivity index (χ1v) is 5.30. The molecule has 0 fully saturated rings. The molecule has 0 saturated carbocycles. The molecular formula is C6H10N4O4S. The van der Waals surface area contributed by atoms with E-state index in [2.05, 4.69) is 9.94 Å². The molecule has 0 saturated heterocycles. The van der Waals surface area contributed by atoms with Gasteiger partial charge in [-0.15, -0.1) is 0 Å². The number of rotatable bonds is 5. The van der Waals surface area contributed by atoms with Crippen molar-refractivity contribution >= 4 is 15.9 Å². The molecule has 1 rings (SSSR count). The third kappa shape index (κ3) is 3.31. The van der Waals surface area contributed by atoms with Crippen LogP contribution in [0.25, 0.3) is 0 Å². The molecule has 0 bridgehead atoms. The normalized spacial score (nSPS) is 11.5. The number of carbonyl (C=O) groups is 1. The van der Waals surface area contributed by atoms with Gasteiger partial charge in [0.25, 0.3) is 10.0 Å². The van der Waals surface area contributed by atoms with Crippen LogP contribution in [0.3, 0.4) is 0 Å². The zero-order valence-electron chi connectivity index (χ0n) is 7.87. The van der Waals surface area contributed by atoms with E-state index in [-0.39, 0.29) is 4.90 Å². The second-order valence-corrected chi connectivity index (χ2v) is 4.34. The smallest absolute Gasteiger partial charge is 0.265 e.